The Hall–Kier alpha value is -0.0800. The second-order valence-electron chi connectivity index (χ2n) is 3.57. The SMILES string of the molecule is CC1CC(O)C(C)C(O)C1. The minimum Gasteiger partial charge on any atom is -0.393 e. The quantitative estimate of drug-likeness (QED) is 0.527. The molecule has 0 spiro atoms. The van der Waals surface area contributed by atoms with E-state index in [4.69, 9.17) is 0 Å². The summed E-state index contributed by atoms with van der Waals surface area (Å²) in [5.41, 5.74) is 0. The number of rotatable bonds is 0. The molecule has 0 radical (unpaired) electrons. The summed E-state index contributed by atoms with van der Waals surface area (Å²) in [6, 6.07) is 0. The van der Waals surface area contributed by atoms with Gasteiger partial charge in [0.25, 0.3) is 0 Å². The Labute approximate surface area is 61.9 Å². The fourth-order valence-electron chi connectivity index (χ4n) is 1.61. The molecule has 1 fully saturated rings. The fourth-order valence-corrected chi connectivity index (χ4v) is 1.61. The average molecular weight is 144 g/mol. The molecule has 1 aliphatic rings. The minimum atomic E-state index is -0.293. The van der Waals surface area contributed by atoms with Gasteiger partial charge in [-0.15, -0.1) is 0 Å². The van der Waals surface area contributed by atoms with Crippen LogP contribution in [0.3, 0.4) is 0 Å². The van der Waals surface area contributed by atoms with E-state index in [0.717, 1.165) is 12.8 Å². The summed E-state index contributed by atoms with van der Waals surface area (Å²) in [5.74, 6) is 0.539. The second-order valence-corrected chi connectivity index (χ2v) is 3.57. The molecule has 1 saturated carbocycles. The highest BCUT2D eigenvalue weighted by atomic mass is 16.3. The van der Waals surface area contributed by atoms with Gasteiger partial charge >= 0.3 is 0 Å². The predicted octanol–water partition coefficient (Wildman–Crippen LogP) is 0.774. The van der Waals surface area contributed by atoms with Crippen molar-refractivity contribution >= 4 is 0 Å². The van der Waals surface area contributed by atoms with E-state index in [9.17, 15) is 10.2 Å². The molecule has 60 valence electrons. The first-order valence-electron chi connectivity index (χ1n) is 3.97. The topological polar surface area (TPSA) is 40.5 Å². The summed E-state index contributed by atoms with van der Waals surface area (Å²) in [7, 11) is 0. The van der Waals surface area contributed by atoms with Crippen molar-refractivity contribution in [2.75, 3.05) is 0 Å². The average Bonchev–Trinajstić information content (AvgIpc) is 1.82. The molecule has 0 aromatic carbocycles. The van der Waals surface area contributed by atoms with Gasteiger partial charge < -0.3 is 10.2 Å². The molecule has 0 amide bonds. The van der Waals surface area contributed by atoms with Gasteiger partial charge in [-0.2, -0.15) is 0 Å². The van der Waals surface area contributed by atoms with Crippen LogP contribution < -0.4 is 0 Å². The van der Waals surface area contributed by atoms with Crippen molar-refractivity contribution in [2.24, 2.45) is 11.8 Å². The molecule has 0 heterocycles. The standard InChI is InChI=1S/C8H16O2/c1-5-3-7(9)6(2)8(10)4-5/h5-10H,3-4H2,1-2H3. The molecule has 1 rings (SSSR count). The first-order valence-corrected chi connectivity index (χ1v) is 3.97. The van der Waals surface area contributed by atoms with E-state index in [0.29, 0.717) is 5.92 Å². The molecule has 0 aromatic rings. The normalized spacial score (nSPS) is 49.2. The lowest BCUT2D eigenvalue weighted by Crippen LogP contribution is -2.37. The van der Waals surface area contributed by atoms with Crippen molar-refractivity contribution in [3.63, 3.8) is 0 Å². The van der Waals surface area contributed by atoms with E-state index in [1.807, 2.05) is 6.92 Å². The lowest BCUT2D eigenvalue weighted by Gasteiger charge is -2.33. The van der Waals surface area contributed by atoms with Crippen LogP contribution in [0.25, 0.3) is 0 Å². The van der Waals surface area contributed by atoms with E-state index in [2.05, 4.69) is 6.92 Å². The van der Waals surface area contributed by atoms with E-state index in [-0.39, 0.29) is 18.1 Å². The highest BCUT2D eigenvalue weighted by Crippen LogP contribution is 2.28. The highest BCUT2D eigenvalue weighted by molar-refractivity contribution is 4.81. The maximum atomic E-state index is 9.36. The van der Waals surface area contributed by atoms with E-state index < -0.39 is 0 Å². The smallest absolute Gasteiger partial charge is 0.0593 e. The summed E-state index contributed by atoms with van der Waals surface area (Å²) >= 11 is 0. The monoisotopic (exact) mass is 144 g/mol. The maximum Gasteiger partial charge on any atom is 0.0593 e. The summed E-state index contributed by atoms with van der Waals surface area (Å²) in [6.45, 7) is 3.97. The summed E-state index contributed by atoms with van der Waals surface area (Å²) in [5, 5.41) is 18.7. The fraction of sp³-hybridized carbons (Fsp3) is 1.00. The summed E-state index contributed by atoms with van der Waals surface area (Å²) in [4.78, 5) is 0. The van der Waals surface area contributed by atoms with Crippen molar-refractivity contribution in [3.8, 4) is 0 Å². The Morgan fingerprint density at radius 3 is 1.80 bits per heavy atom. The van der Waals surface area contributed by atoms with Gasteiger partial charge in [-0.3, -0.25) is 0 Å². The van der Waals surface area contributed by atoms with Gasteiger partial charge in [-0.05, 0) is 18.8 Å². The second kappa shape index (κ2) is 2.89. The zero-order chi connectivity index (χ0) is 7.72. The van der Waals surface area contributed by atoms with Crippen molar-refractivity contribution < 1.29 is 10.2 Å². The van der Waals surface area contributed by atoms with Crippen molar-refractivity contribution in [1.29, 1.82) is 0 Å². The molecule has 0 bridgehead atoms. The third-order valence-corrected chi connectivity index (χ3v) is 2.50. The van der Waals surface area contributed by atoms with Crippen LogP contribution in [-0.2, 0) is 0 Å². The highest BCUT2D eigenvalue weighted by Gasteiger charge is 2.30. The molecule has 10 heavy (non-hydrogen) atoms. The van der Waals surface area contributed by atoms with E-state index in [1.54, 1.807) is 0 Å². The van der Waals surface area contributed by atoms with Gasteiger partial charge in [0.1, 0.15) is 0 Å². The Bertz CT molecular complexity index is 102. The van der Waals surface area contributed by atoms with Crippen LogP contribution in [0.4, 0.5) is 0 Å². The van der Waals surface area contributed by atoms with Gasteiger partial charge in [0.2, 0.25) is 0 Å². The Morgan fingerprint density at radius 2 is 1.40 bits per heavy atom. The van der Waals surface area contributed by atoms with Gasteiger partial charge in [0, 0.05) is 5.92 Å². The molecular formula is C8H16O2. The van der Waals surface area contributed by atoms with Crippen LogP contribution in [-0.4, -0.2) is 22.4 Å². The zero-order valence-corrected chi connectivity index (χ0v) is 6.62. The molecule has 0 aromatic heterocycles. The molecule has 2 atom stereocenters. The number of hydrogen-bond donors (Lipinski definition) is 2. The number of hydrogen-bond acceptors (Lipinski definition) is 2. The predicted molar refractivity (Wildman–Crippen MR) is 39.6 cm³/mol. The number of aliphatic hydroxyl groups excluding tert-OH is 2. The first-order chi connectivity index (χ1) is 4.61. The van der Waals surface area contributed by atoms with Gasteiger partial charge in [-0.25, -0.2) is 0 Å². The van der Waals surface area contributed by atoms with Crippen molar-refractivity contribution in [2.45, 2.75) is 38.9 Å². The van der Waals surface area contributed by atoms with E-state index >= 15 is 0 Å². The van der Waals surface area contributed by atoms with Crippen LogP contribution in [0.5, 0.6) is 0 Å². The third kappa shape index (κ3) is 1.50. The van der Waals surface area contributed by atoms with Crippen LogP contribution in [0.1, 0.15) is 26.7 Å². The van der Waals surface area contributed by atoms with Crippen molar-refractivity contribution in [1.82, 2.24) is 0 Å². The largest absolute Gasteiger partial charge is 0.393 e. The molecule has 1 aliphatic carbocycles. The molecule has 2 N–H and O–H groups in total. The molecular weight excluding hydrogens is 128 g/mol. The Kier molecular flexibility index (Phi) is 2.32. The molecule has 2 unspecified atom stereocenters. The first kappa shape index (κ1) is 8.02. The lowest BCUT2D eigenvalue weighted by molar-refractivity contribution is -0.0331. The number of aliphatic hydroxyl groups is 2. The van der Waals surface area contributed by atoms with Crippen molar-refractivity contribution in [3.05, 3.63) is 0 Å². The van der Waals surface area contributed by atoms with Gasteiger partial charge in [-0.1, -0.05) is 13.8 Å². The Balaban J connectivity index is 2.49. The molecule has 2 heteroatoms. The summed E-state index contributed by atoms with van der Waals surface area (Å²) < 4.78 is 0. The Morgan fingerprint density at radius 1 is 1.00 bits per heavy atom. The van der Waals surface area contributed by atoms with Gasteiger partial charge in [0.05, 0.1) is 12.2 Å². The molecule has 0 saturated heterocycles. The van der Waals surface area contributed by atoms with E-state index in [1.165, 1.54) is 0 Å². The van der Waals surface area contributed by atoms with Crippen LogP contribution in [0.2, 0.25) is 0 Å². The minimum absolute atomic E-state index is 0.0659. The lowest BCUT2D eigenvalue weighted by atomic mass is 9.80. The molecule has 0 aliphatic heterocycles. The molecule has 2 nitrogen and oxygen atoms in total. The van der Waals surface area contributed by atoms with Crippen LogP contribution >= 0.6 is 0 Å². The summed E-state index contributed by atoms with van der Waals surface area (Å²) in [6.07, 6.45) is 1.11. The zero-order valence-electron chi connectivity index (χ0n) is 6.62. The third-order valence-electron chi connectivity index (χ3n) is 2.50. The van der Waals surface area contributed by atoms with Crippen LogP contribution in [0, 0.1) is 11.8 Å². The van der Waals surface area contributed by atoms with Crippen LogP contribution in [0.15, 0.2) is 0 Å². The van der Waals surface area contributed by atoms with Gasteiger partial charge in [0.15, 0.2) is 0 Å². The maximum absolute atomic E-state index is 9.36.